The third kappa shape index (κ3) is 2.50. The van der Waals surface area contributed by atoms with Gasteiger partial charge in [0.15, 0.2) is 5.82 Å². The summed E-state index contributed by atoms with van der Waals surface area (Å²) in [7, 11) is 0. The molecule has 1 N–H and O–H groups in total. The van der Waals surface area contributed by atoms with E-state index in [2.05, 4.69) is 20.8 Å². The summed E-state index contributed by atoms with van der Waals surface area (Å²) in [5.41, 5.74) is 1.64. The Morgan fingerprint density at radius 3 is 2.95 bits per heavy atom. The van der Waals surface area contributed by atoms with E-state index in [0.29, 0.717) is 10.9 Å². The summed E-state index contributed by atoms with van der Waals surface area (Å²) in [4.78, 5) is 12.8. The van der Waals surface area contributed by atoms with Gasteiger partial charge in [-0.1, -0.05) is 18.2 Å². The molecular formula is C15H13N5OS. The van der Waals surface area contributed by atoms with Crippen molar-refractivity contribution in [1.29, 1.82) is 0 Å². The van der Waals surface area contributed by atoms with Crippen LogP contribution in [0.1, 0.15) is 28.6 Å². The molecule has 1 amide bonds. The Bertz CT molecular complexity index is 807. The molecule has 1 aliphatic rings. The number of hydrogen-bond donors (Lipinski definition) is 1. The molecule has 2 aromatic heterocycles. The van der Waals surface area contributed by atoms with Crippen LogP contribution in [0.3, 0.4) is 0 Å². The number of rotatable bonds is 4. The molecule has 0 bridgehead atoms. The predicted molar refractivity (Wildman–Crippen MR) is 83.8 cm³/mol. The van der Waals surface area contributed by atoms with E-state index in [9.17, 15) is 4.79 Å². The van der Waals surface area contributed by atoms with Crippen LogP contribution in [-0.2, 0) is 0 Å². The molecule has 1 aliphatic carbocycles. The highest BCUT2D eigenvalue weighted by atomic mass is 32.1. The van der Waals surface area contributed by atoms with Crippen LogP contribution in [0.2, 0.25) is 0 Å². The molecule has 6 nitrogen and oxygen atoms in total. The lowest BCUT2D eigenvalue weighted by Gasteiger charge is -2.07. The second kappa shape index (κ2) is 5.34. The summed E-state index contributed by atoms with van der Waals surface area (Å²) >= 11 is 1.42. The summed E-state index contributed by atoms with van der Waals surface area (Å²) < 4.78 is 1.86. The second-order valence-electron chi connectivity index (χ2n) is 5.19. The molecule has 7 heteroatoms. The molecule has 1 fully saturated rings. The first-order valence-electron chi connectivity index (χ1n) is 7.04. The number of anilines is 1. The van der Waals surface area contributed by atoms with Crippen molar-refractivity contribution >= 4 is 22.9 Å². The molecule has 3 aromatic rings. The van der Waals surface area contributed by atoms with E-state index in [-0.39, 0.29) is 5.91 Å². The van der Waals surface area contributed by atoms with E-state index < -0.39 is 0 Å². The molecule has 22 heavy (non-hydrogen) atoms. The number of thiophene rings is 1. The Morgan fingerprint density at radius 2 is 2.18 bits per heavy atom. The van der Waals surface area contributed by atoms with Gasteiger partial charge in [-0.3, -0.25) is 4.79 Å². The van der Waals surface area contributed by atoms with Crippen LogP contribution in [-0.4, -0.2) is 26.1 Å². The normalized spacial score (nSPS) is 14.0. The van der Waals surface area contributed by atoms with Crippen molar-refractivity contribution in [3.8, 4) is 11.4 Å². The van der Waals surface area contributed by atoms with Gasteiger partial charge in [-0.05, 0) is 46.8 Å². The van der Waals surface area contributed by atoms with Crippen LogP contribution in [0.25, 0.3) is 11.4 Å². The van der Waals surface area contributed by atoms with Crippen LogP contribution in [0, 0.1) is 0 Å². The predicted octanol–water partition coefficient (Wildman–Crippen LogP) is 2.99. The number of tetrazole rings is 1. The molecule has 1 aromatic carbocycles. The van der Waals surface area contributed by atoms with Gasteiger partial charge in [0.05, 0.1) is 10.9 Å². The Balaban J connectivity index is 1.60. The zero-order valence-electron chi connectivity index (χ0n) is 11.6. The largest absolute Gasteiger partial charge is 0.321 e. The molecule has 0 unspecified atom stereocenters. The fourth-order valence-electron chi connectivity index (χ4n) is 2.29. The maximum absolute atomic E-state index is 12.1. The Kier molecular flexibility index (Phi) is 3.19. The van der Waals surface area contributed by atoms with Crippen LogP contribution in [0.5, 0.6) is 0 Å². The van der Waals surface area contributed by atoms with Crippen LogP contribution in [0.15, 0.2) is 41.8 Å². The Hall–Kier alpha value is -2.54. The summed E-state index contributed by atoms with van der Waals surface area (Å²) in [6, 6.07) is 11.7. The van der Waals surface area contributed by atoms with Gasteiger partial charge in [0.2, 0.25) is 0 Å². The van der Waals surface area contributed by atoms with Gasteiger partial charge in [-0.25, -0.2) is 4.68 Å². The van der Waals surface area contributed by atoms with E-state index in [0.717, 1.165) is 29.9 Å². The first-order chi connectivity index (χ1) is 10.8. The minimum absolute atomic E-state index is 0.103. The van der Waals surface area contributed by atoms with Crippen molar-refractivity contribution < 1.29 is 4.79 Å². The molecule has 0 atom stereocenters. The fraction of sp³-hybridized carbons (Fsp3) is 0.200. The minimum atomic E-state index is -0.103. The highest BCUT2D eigenvalue weighted by Gasteiger charge is 2.28. The van der Waals surface area contributed by atoms with Gasteiger partial charge >= 0.3 is 0 Å². The molecule has 110 valence electrons. The third-order valence-electron chi connectivity index (χ3n) is 3.51. The molecule has 2 heterocycles. The van der Waals surface area contributed by atoms with Crippen molar-refractivity contribution in [3.63, 3.8) is 0 Å². The van der Waals surface area contributed by atoms with Gasteiger partial charge in [0.25, 0.3) is 5.91 Å². The van der Waals surface area contributed by atoms with E-state index in [1.54, 1.807) is 6.07 Å². The zero-order valence-corrected chi connectivity index (χ0v) is 12.5. The first kappa shape index (κ1) is 13.1. The standard InChI is InChI=1S/C15H13N5OS/c21-15(13-5-2-8-22-13)16-11-4-1-3-10(9-11)14-17-18-19-20(14)12-6-7-12/h1-5,8-9,12H,6-7H2,(H,16,21). The van der Waals surface area contributed by atoms with Gasteiger partial charge < -0.3 is 5.32 Å². The fourth-order valence-corrected chi connectivity index (χ4v) is 2.90. The first-order valence-corrected chi connectivity index (χ1v) is 7.92. The van der Waals surface area contributed by atoms with Crippen molar-refractivity contribution in [2.75, 3.05) is 5.32 Å². The maximum Gasteiger partial charge on any atom is 0.265 e. The highest BCUT2D eigenvalue weighted by molar-refractivity contribution is 7.12. The highest BCUT2D eigenvalue weighted by Crippen LogP contribution is 2.36. The molecule has 4 rings (SSSR count). The molecule has 1 saturated carbocycles. The molecule has 0 spiro atoms. The van der Waals surface area contributed by atoms with Crippen molar-refractivity contribution in [1.82, 2.24) is 20.2 Å². The lowest BCUT2D eigenvalue weighted by Crippen LogP contribution is -2.10. The molecule has 0 aliphatic heterocycles. The smallest absolute Gasteiger partial charge is 0.265 e. The summed E-state index contributed by atoms with van der Waals surface area (Å²) in [6.45, 7) is 0. The van der Waals surface area contributed by atoms with Gasteiger partial charge in [0.1, 0.15) is 0 Å². The summed E-state index contributed by atoms with van der Waals surface area (Å²) in [5, 5.41) is 16.7. The number of carbonyl (C=O) groups is 1. The summed E-state index contributed by atoms with van der Waals surface area (Å²) in [5.74, 6) is 0.642. The molecular weight excluding hydrogens is 298 g/mol. The van der Waals surface area contributed by atoms with Crippen LogP contribution < -0.4 is 5.32 Å². The lowest BCUT2D eigenvalue weighted by molar-refractivity contribution is 0.103. The minimum Gasteiger partial charge on any atom is -0.321 e. The second-order valence-corrected chi connectivity index (χ2v) is 6.14. The molecule has 0 saturated heterocycles. The average molecular weight is 311 g/mol. The zero-order chi connectivity index (χ0) is 14.9. The number of amides is 1. The molecule has 0 radical (unpaired) electrons. The number of nitrogens with one attached hydrogen (secondary N) is 1. The van der Waals surface area contributed by atoms with Gasteiger partial charge in [0, 0.05) is 11.3 Å². The topological polar surface area (TPSA) is 72.7 Å². The number of hydrogen-bond acceptors (Lipinski definition) is 5. The van der Waals surface area contributed by atoms with Crippen molar-refractivity contribution in [2.45, 2.75) is 18.9 Å². The van der Waals surface area contributed by atoms with E-state index in [1.807, 2.05) is 40.4 Å². The van der Waals surface area contributed by atoms with Crippen LogP contribution >= 0.6 is 11.3 Å². The van der Waals surface area contributed by atoms with Crippen LogP contribution in [0.4, 0.5) is 5.69 Å². The maximum atomic E-state index is 12.1. The van der Waals surface area contributed by atoms with E-state index >= 15 is 0 Å². The Labute approximate surface area is 130 Å². The average Bonchev–Trinajstić information content (AvgIpc) is 3.05. The Morgan fingerprint density at radius 1 is 1.27 bits per heavy atom. The third-order valence-corrected chi connectivity index (χ3v) is 4.38. The quantitative estimate of drug-likeness (QED) is 0.804. The van der Waals surface area contributed by atoms with Crippen molar-refractivity contribution in [3.05, 3.63) is 46.7 Å². The monoisotopic (exact) mass is 311 g/mol. The van der Waals surface area contributed by atoms with Gasteiger partial charge in [-0.2, -0.15) is 0 Å². The van der Waals surface area contributed by atoms with E-state index in [1.165, 1.54) is 11.3 Å². The summed E-state index contributed by atoms with van der Waals surface area (Å²) in [6.07, 6.45) is 2.24. The van der Waals surface area contributed by atoms with E-state index in [4.69, 9.17) is 0 Å². The lowest BCUT2D eigenvalue weighted by atomic mass is 10.2. The number of carbonyl (C=O) groups excluding carboxylic acids is 1. The van der Waals surface area contributed by atoms with Gasteiger partial charge in [-0.15, -0.1) is 16.4 Å². The number of aromatic nitrogens is 4. The number of nitrogens with zero attached hydrogens (tertiary/aromatic N) is 4. The SMILES string of the molecule is O=C(Nc1cccc(-c2nnnn2C2CC2)c1)c1cccs1. The van der Waals surface area contributed by atoms with Crippen molar-refractivity contribution in [2.24, 2.45) is 0 Å². The number of benzene rings is 1.